The summed E-state index contributed by atoms with van der Waals surface area (Å²) in [6, 6.07) is 0.807. The van der Waals surface area contributed by atoms with Gasteiger partial charge in [0.25, 0.3) is 11.5 Å². The molecular weight excluding hydrogens is 165 g/mol. The van der Waals surface area contributed by atoms with Gasteiger partial charge in [-0.05, 0) is 6.07 Å². The molecule has 0 saturated heterocycles. The van der Waals surface area contributed by atoms with E-state index >= 15 is 0 Å². The molecule has 4 N–H and O–H groups in total. The molecule has 0 aliphatic carbocycles. The standard InChI is InChI=1S/C6H6FN3O2/c7-3-1-4(6(12)10-8)5(11)9-2-3/h1-2H,8H2,(H,9,11)(H,10,12). The average molecular weight is 171 g/mol. The molecule has 5 nitrogen and oxygen atoms in total. The topological polar surface area (TPSA) is 88.0 Å². The number of aromatic amines is 1. The number of aromatic nitrogens is 1. The Morgan fingerprint density at radius 2 is 2.33 bits per heavy atom. The smallest absolute Gasteiger partial charge is 0.270 e. The molecule has 0 atom stereocenters. The van der Waals surface area contributed by atoms with E-state index in [9.17, 15) is 14.0 Å². The molecule has 1 aromatic rings. The third-order valence-corrected chi connectivity index (χ3v) is 1.24. The van der Waals surface area contributed by atoms with Gasteiger partial charge in [0.05, 0.1) is 0 Å². The Kier molecular flexibility index (Phi) is 2.20. The van der Waals surface area contributed by atoms with Crippen molar-refractivity contribution in [2.45, 2.75) is 0 Å². The molecule has 0 aromatic carbocycles. The zero-order valence-electron chi connectivity index (χ0n) is 5.93. The summed E-state index contributed by atoms with van der Waals surface area (Å²) in [6.45, 7) is 0. The summed E-state index contributed by atoms with van der Waals surface area (Å²) in [7, 11) is 0. The van der Waals surface area contributed by atoms with Crippen molar-refractivity contribution < 1.29 is 9.18 Å². The van der Waals surface area contributed by atoms with Gasteiger partial charge in [0.1, 0.15) is 11.4 Å². The van der Waals surface area contributed by atoms with Crippen LogP contribution >= 0.6 is 0 Å². The highest BCUT2D eigenvalue weighted by Crippen LogP contribution is 1.94. The van der Waals surface area contributed by atoms with Crippen LogP contribution in [0.4, 0.5) is 4.39 Å². The lowest BCUT2D eigenvalue weighted by atomic mass is 10.2. The minimum absolute atomic E-state index is 0.350. The fourth-order valence-corrected chi connectivity index (χ4v) is 0.704. The van der Waals surface area contributed by atoms with Gasteiger partial charge in [-0.25, -0.2) is 10.2 Å². The maximum Gasteiger partial charge on any atom is 0.270 e. The van der Waals surface area contributed by atoms with E-state index in [0.29, 0.717) is 0 Å². The van der Waals surface area contributed by atoms with Crippen molar-refractivity contribution >= 4 is 5.91 Å². The number of nitrogens with one attached hydrogen (secondary N) is 2. The second-order valence-electron chi connectivity index (χ2n) is 2.03. The third-order valence-electron chi connectivity index (χ3n) is 1.24. The number of carbonyl (C=O) groups is 1. The molecule has 1 rings (SSSR count). The Bertz CT molecular complexity index is 360. The highest BCUT2D eigenvalue weighted by Gasteiger charge is 2.08. The maximum atomic E-state index is 12.5. The molecule has 0 fully saturated rings. The summed E-state index contributed by atoms with van der Waals surface area (Å²) >= 11 is 0. The Balaban J connectivity index is 3.23. The van der Waals surface area contributed by atoms with Crippen LogP contribution in [-0.2, 0) is 0 Å². The van der Waals surface area contributed by atoms with Crippen molar-refractivity contribution in [1.82, 2.24) is 10.4 Å². The molecule has 1 amide bonds. The first kappa shape index (κ1) is 8.41. The van der Waals surface area contributed by atoms with Gasteiger partial charge in [-0.15, -0.1) is 0 Å². The Hall–Kier alpha value is -1.69. The van der Waals surface area contributed by atoms with Crippen LogP contribution < -0.4 is 16.8 Å². The van der Waals surface area contributed by atoms with Crippen molar-refractivity contribution in [1.29, 1.82) is 0 Å². The number of hydrazine groups is 1. The molecule has 0 unspecified atom stereocenters. The molecule has 0 spiro atoms. The van der Waals surface area contributed by atoms with Crippen molar-refractivity contribution in [2.75, 3.05) is 0 Å². The van der Waals surface area contributed by atoms with E-state index in [-0.39, 0.29) is 5.56 Å². The molecule has 6 heteroatoms. The Labute approximate surface area is 66.4 Å². The first-order valence-corrected chi connectivity index (χ1v) is 3.04. The van der Waals surface area contributed by atoms with Crippen molar-refractivity contribution in [2.24, 2.45) is 5.84 Å². The van der Waals surface area contributed by atoms with Crippen LogP contribution in [0.5, 0.6) is 0 Å². The van der Waals surface area contributed by atoms with E-state index in [1.54, 1.807) is 5.43 Å². The number of hydrogen-bond acceptors (Lipinski definition) is 3. The summed E-state index contributed by atoms with van der Waals surface area (Å²) in [5.41, 5.74) is 0.693. The number of pyridine rings is 1. The summed E-state index contributed by atoms with van der Waals surface area (Å²) in [6.07, 6.45) is 0.857. The van der Waals surface area contributed by atoms with Crippen LogP contribution in [0.2, 0.25) is 0 Å². The maximum absolute atomic E-state index is 12.5. The van der Waals surface area contributed by atoms with Crippen LogP contribution in [0.1, 0.15) is 10.4 Å². The van der Waals surface area contributed by atoms with Gasteiger partial charge < -0.3 is 4.98 Å². The van der Waals surface area contributed by atoms with E-state index < -0.39 is 17.3 Å². The van der Waals surface area contributed by atoms with Crippen LogP contribution in [0, 0.1) is 5.82 Å². The number of halogens is 1. The van der Waals surface area contributed by atoms with Crippen molar-refractivity contribution in [3.63, 3.8) is 0 Å². The van der Waals surface area contributed by atoms with Gasteiger partial charge in [-0.1, -0.05) is 0 Å². The predicted molar refractivity (Wildman–Crippen MR) is 38.7 cm³/mol. The molecule has 64 valence electrons. The monoisotopic (exact) mass is 171 g/mol. The van der Waals surface area contributed by atoms with E-state index in [2.05, 4.69) is 0 Å². The zero-order valence-corrected chi connectivity index (χ0v) is 5.93. The van der Waals surface area contributed by atoms with Gasteiger partial charge in [-0.2, -0.15) is 0 Å². The number of H-pyrrole nitrogens is 1. The molecule has 0 radical (unpaired) electrons. The summed E-state index contributed by atoms with van der Waals surface area (Å²) in [5.74, 6) is 3.22. The predicted octanol–water partition coefficient (Wildman–Crippen LogP) is -0.883. The average Bonchev–Trinajstić information content (AvgIpc) is 2.08. The molecule has 0 aliphatic heterocycles. The Morgan fingerprint density at radius 3 is 2.92 bits per heavy atom. The minimum atomic E-state index is -0.823. The number of nitrogens with two attached hydrogens (primary N) is 1. The second kappa shape index (κ2) is 3.14. The summed E-state index contributed by atoms with van der Waals surface area (Å²) < 4.78 is 12.5. The highest BCUT2D eigenvalue weighted by molar-refractivity contribution is 5.93. The fraction of sp³-hybridized carbons (Fsp3) is 0. The highest BCUT2D eigenvalue weighted by atomic mass is 19.1. The van der Waals surface area contributed by atoms with E-state index in [1.807, 2.05) is 4.98 Å². The molecule has 0 saturated carbocycles. The number of carbonyl (C=O) groups excluding carboxylic acids is 1. The van der Waals surface area contributed by atoms with Gasteiger partial charge >= 0.3 is 0 Å². The molecular formula is C6H6FN3O2. The van der Waals surface area contributed by atoms with Gasteiger partial charge in [0.15, 0.2) is 0 Å². The lowest BCUT2D eigenvalue weighted by Crippen LogP contribution is -2.34. The number of amides is 1. The molecule has 12 heavy (non-hydrogen) atoms. The lowest BCUT2D eigenvalue weighted by molar-refractivity contribution is 0.0951. The lowest BCUT2D eigenvalue weighted by Gasteiger charge is -1.96. The molecule has 0 bridgehead atoms. The fourth-order valence-electron chi connectivity index (χ4n) is 0.704. The second-order valence-corrected chi connectivity index (χ2v) is 2.03. The quantitative estimate of drug-likeness (QED) is 0.291. The molecule has 1 heterocycles. The normalized spacial score (nSPS) is 9.50. The summed E-state index contributed by atoms with van der Waals surface area (Å²) in [5, 5.41) is 0. The zero-order chi connectivity index (χ0) is 9.14. The first-order chi connectivity index (χ1) is 5.65. The molecule has 1 aromatic heterocycles. The Morgan fingerprint density at radius 1 is 1.67 bits per heavy atom. The van der Waals surface area contributed by atoms with Crippen molar-refractivity contribution in [3.8, 4) is 0 Å². The molecule has 0 aliphatic rings. The summed E-state index contributed by atoms with van der Waals surface area (Å²) in [4.78, 5) is 23.6. The SMILES string of the molecule is NNC(=O)c1cc(F)c[nH]c1=O. The number of hydrogen-bond donors (Lipinski definition) is 3. The third kappa shape index (κ3) is 1.48. The number of nitrogen functional groups attached to an aromatic ring is 1. The van der Waals surface area contributed by atoms with E-state index in [0.717, 1.165) is 12.3 Å². The number of rotatable bonds is 1. The largest absolute Gasteiger partial charge is 0.325 e. The van der Waals surface area contributed by atoms with Crippen molar-refractivity contribution in [3.05, 3.63) is 34.0 Å². The van der Waals surface area contributed by atoms with Crippen LogP contribution in [0.3, 0.4) is 0 Å². The van der Waals surface area contributed by atoms with Crippen LogP contribution in [0.25, 0.3) is 0 Å². The first-order valence-electron chi connectivity index (χ1n) is 3.04. The van der Waals surface area contributed by atoms with Crippen LogP contribution in [0.15, 0.2) is 17.1 Å². The van der Waals surface area contributed by atoms with Gasteiger partial charge in [0.2, 0.25) is 0 Å². The van der Waals surface area contributed by atoms with Gasteiger partial charge in [-0.3, -0.25) is 15.0 Å². The van der Waals surface area contributed by atoms with Crippen LogP contribution in [-0.4, -0.2) is 10.9 Å². The van der Waals surface area contributed by atoms with Gasteiger partial charge in [0, 0.05) is 6.20 Å². The van der Waals surface area contributed by atoms with E-state index in [1.165, 1.54) is 0 Å². The van der Waals surface area contributed by atoms with E-state index in [4.69, 9.17) is 5.84 Å². The minimum Gasteiger partial charge on any atom is -0.325 e.